The molecule has 2 heterocycles. The average Bonchev–Trinajstić information content (AvgIpc) is 3.10. The molecule has 0 spiro atoms. The number of nitrogens with zero attached hydrogens (tertiary/aromatic N) is 1. The molecule has 1 aliphatic carbocycles. The molecule has 0 aromatic heterocycles. The molecule has 0 bridgehead atoms. The molecule has 1 aromatic carbocycles. The molecule has 136 valence electrons. The predicted molar refractivity (Wildman–Crippen MR) is 104 cm³/mol. The molecule has 3 heteroatoms. The van der Waals surface area contributed by atoms with Crippen LogP contribution in [0, 0.1) is 5.92 Å². The van der Waals surface area contributed by atoms with Crippen molar-refractivity contribution in [3.63, 3.8) is 0 Å². The third-order valence-corrected chi connectivity index (χ3v) is 6.70. The van der Waals surface area contributed by atoms with Gasteiger partial charge in [-0.2, -0.15) is 0 Å². The third kappa shape index (κ3) is 3.12. The van der Waals surface area contributed by atoms with Crippen molar-refractivity contribution in [2.24, 2.45) is 10.9 Å². The predicted octanol–water partition coefficient (Wildman–Crippen LogP) is 4.18. The van der Waals surface area contributed by atoms with Gasteiger partial charge in [0.2, 0.25) is 5.90 Å². The van der Waals surface area contributed by atoms with E-state index in [1.807, 2.05) is 0 Å². The average molecular weight is 341 g/mol. The number of rotatable bonds is 2. The van der Waals surface area contributed by atoms with E-state index in [-0.39, 0.29) is 10.8 Å². The summed E-state index contributed by atoms with van der Waals surface area (Å²) in [7, 11) is 0. The summed E-state index contributed by atoms with van der Waals surface area (Å²) in [6.07, 6.45) is 4.93. The fraction of sp³-hybridized carbons (Fsp3) is 0.682. The van der Waals surface area contributed by atoms with Crippen LogP contribution in [-0.4, -0.2) is 31.6 Å². The zero-order valence-corrected chi connectivity index (χ0v) is 16.2. The van der Waals surface area contributed by atoms with E-state index in [1.54, 1.807) is 0 Å². The number of hydrogen-bond acceptors (Lipinski definition) is 3. The highest BCUT2D eigenvalue weighted by molar-refractivity contribution is 5.95. The van der Waals surface area contributed by atoms with Gasteiger partial charge in [-0.15, -0.1) is 0 Å². The molecule has 1 fully saturated rings. The minimum Gasteiger partial charge on any atom is -0.475 e. The highest BCUT2D eigenvalue weighted by Gasteiger charge is 2.37. The van der Waals surface area contributed by atoms with Gasteiger partial charge in [0.1, 0.15) is 6.61 Å². The van der Waals surface area contributed by atoms with Crippen LogP contribution in [0.25, 0.3) is 0 Å². The molecule has 1 saturated heterocycles. The van der Waals surface area contributed by atoms with E-state index >= 15 is 0 Å². The molecule has 1 unspecified atom stereocenters. The second kappa shape index (κ2) is 6.12. The Balaban J connectivity index is 1.64. The van der Waals surface area contributed by atoms with Crippen molar-refractivity contribution in [3.05, 3.63) is 34.9 Å². The first-order valence-electron chi connectivity index (χ1n) is 9.93. The Morgan fingerprint density at radius 3 is 2.40 bits per heavy atom. The number of fused-ring (bicyclic) bond motifs is 1. The van der Waals surface area contributed by atoms with Crippen molar-refractivity contribution in [1.82, 2.24) is 5.32 Å². The van der Waals surface area contributed by atoms with E-state index in [0.29, 0.717) is 12.0 Å². The first kappa shape index (κ1) is 17.1. The van der Waals surface area contributed by atoms with E-state index in [9.17, 15) is 0 Å². The van der Waals surface area contributed by atoms with Crippen molar-refractivity contribution in [3.8, 4) is 0 Å². The number of piperidine rings is 1. The van der Waals surface area contributed by atoms with Crippen LogP contribution in [0.1, 0.15) is 70.1 Å². The molecule has 1 N–H and O–H groups in total. The summed E-state index contributed by atoms with van der Waals surface area (Å²) in [5, 5.41) is 3.44. The molecule has 1 aromatic rings. The van der Waals surface area contributed by atoms with Gasteiger partial charge in [-0.25, -0.2) is 4.99 Å². The first-order valence-corrected chi connectivity index (χ1v) is 9.93. The summed E-state index contributed by atoms with van der Waals surface area (Å²) >= 11 is 0. The number of nitrogens with one attached hydrogen (secondary N) is 1. The fourth-order valence-electron chi connectivity index (χ4n) is 4.74. The number of ether oxygens (including phenoxy) is 1. The smallest absolute Gasteiger partial charge is 0.216 e. The molecule has 25 heavy (non-hydrogen) atoms. The topological polar surface area (TPSA) is 33.6 Å². The van der Waals surface area contributed by atoms with Gasteiger partial charge in [0.25, 0.3) is 0 Å². The van der Waals surface area contributed by atoms with E-state index in [2.05, 4.69) is 51.2 Å². The van der Waals surface area contributed by atoms with Crippen molar-refractivity contribution in [1.29, 1.82) is 0 Å². The number of aliphatic imine (C=N–C) groups is 1. The summed E-state index contributed by atoms with van der Waals surface area (Å²) in [6.45, 7) is 12.5. The molecule has 0 saturated carbocycles. The second-order valence-electron chi connectivity index (χ2n) is 9.43. The molecule has 4 rings (SSSR count). The lowest BCUT2D eigenvalue weighted by atomic mass is 9.63. The fourth-order valence-corrected chi connectivity index (χ4v) is 4.74. The lowest BCUT2D eigenvalue weighted by Gasteiger charge is -2.42. The third-order valence-electron chi connectivity index (χ3n) is 6.70. The van der Waals surface area contributed by atoms with Gasteiger partial charge in [0.05, 0.1) is 6.04 Å². The largest absolute Gasteiger partial charge is 0.475 e. The summed E-state index contributed by atoms with van der Waals surface area (Å²) in [6, 6.07) is 7.26. The SMILES string of the molecule is CC1(C)CCC(C)(C)c2cc(C3=NC(C4CCNCC4)CO3)ccc21. The van der Waals surface area contributed by atoms with Crippen LogP contribution in [0.15, 0.2) is 23.2 Å². The van der Waals surface area contributed by atoms with Gasteiger partial charge in [0, 0.05) is 5.56 Å². The maximum Gasteiger partial charge on any atom is 0.216 e. The van der Waals surface area contributed by atoms with Crippen LogP contribution in [0.3, 0.4) is 0 Å². The molecular formula is C22H32N2O. The zero-order valence-electron chi connectivity index (χ0n) is 16.2. The summed E-state index contributed by atoms with van der Waals surface area (Å²) < 4.78 is 6.05. The van der Waals surface area contributed by atoms with Gasteiger partial charge in [-0.05, 0) is 78.8 Å². The maximum absolute atomic E-state index is 6.05. The molecule has 2 aliphatic heterocycles. The quantitative estimate of drug-likeness (QED) is 0.876. The van der Waals surface area contributed by atoms with Crippen molar-refractivity contribution < 1.29 is 4.74 Å². The maximum atomic E-state index is 6.05. The van der Waals surface area contributed by atoms with Crippen molar-refractivity contribution >= 4 is 5.90 Å². The van der Waals surface area contributed by atoms with Crippen LogP contribution in [0.5, 0.6) is 0 Å². The number of hydrogen-bond donors (Lipinski definition) is 1. The number of benzene rings is 1. The van der Waals surface area contributed by atoms with Crippen LogP contribution in [0.4, 0.5) is 0 Å². The lowest BCUT2D eigenvalue weighted by Crippen LogP contribution is -2.34. The normalized spacial score (nSPS) is 28.2. The van der Waals surface area contributed by atoms with Gasteiger partial charge < -0.3 is 10.1 Å². The molecular weight excluding hydrogens is 308 g/mol. The summed E-state index contributed by atoms with van der Waals surface area (Å²) in [5.41, 5.74) is 4.65. The van der Waals surface area contributed by atoms with Crippen molar-refractivity contribution in [2.75, 3.05) is 19.7 Å². The minimum atomic E-state index is 0.231. The Labute approximate surface area is 152 Å². The van der Waals surface area contributed by atoms with Crippen molar-refractivity contribution in [2.45, 2.75) is 70.3 Å². The highest BCUT2D eigenvalue weighted by Crippen LogP contribution is 2.46. The van der Waals surface area contributed by atoms with E-state index in [0.717, 1.165) is 25.6 Å². The van der Waals surface area contributed by atoms with Gasteiger partial charge >= 0.3 is 0 Å². The molecule has 1 atom stereocenters. The van der Waals surface area contributed by atoms with Crippen LogP contribution >= 0.6 is 0 Å². The molecule has 0 radical (unpaired) electrons. The Morgan fingerprint density at radius 1 is 1.00 bits per heavy atom. The molecule has 3 aliphatic rings. The Bertz CT molecular complexity index is 683. The van der Waals surface area contributed by atoms with E-state index in [1.165, 1.54) is 42.4 Å². The molecule has 0 amide bonds. The lowest BCUT2D eigenvalue weighted by molar-refractivity contribution is 0.247. The van der Waals surface area contributed by atoms with Gasteiger partial charge in [-0.1, -0.05) is 33.8 Å². The van der Waals surface area contributed by atoms with E-state index < -0.39 is 0 Å². The summed E-state index contributed by atoms with van der Waals surface area (Å²) in [4.78, 5) is 4.98. The van der Waals surface area contributed by atoms with Gasteiger partial charge in [-0.3, -0.25) is 0 Å². The summed E-state index contributed by atoms with van der Waals surface area (Å²) in [5.74, 6) is 1.54. The molecule has 3 nitrogen and oxygen atoms in total. The Kier molecular flexibility index (Phi) is 4.18. The monoisotopic (exact) mass is 340 g/mol. The van der Waals surface area contributed by atoms with Crippen LogP contribution in [-0.2, 0) is 15.6 Å². The van der Waals surface area contributed by atoms with Crippen LogP contribution < -0.4 is 5.32 Å². The Morgan fingerprint density at radius 2 is 1.68 bits per heavy atom. The first-order chi connectivity index (χ1) is 11.9. The zero-order chi connectivity index (χ0) is 17.7. The standard InChI is InChI=1S/C22H32N2O/c1-21(2)9-10-22(3,4)18-13-16(5-6-17(18)21)20-24-19(14-25-20)15-7-11-23-12-8-15/h5-6,13,15,19,23H,7-12,14H2,1-4H3. The van der Waals surface area contributed by atoms with Gasteiger partial charge in [0.15, 0.2) is 0 Å². The second-order valence-corrected chi connectivity index (χ2v) is 9.43. The Hall–Kier alpha value is -1.35. The van der Waals surface area contributed by atoms with E-state index in [4.69, 9.17) is 9.73 Å². The van der Waals surface area contributed by atoms with Crippen LogP contribution in [0.2, 0.25) is 0 Å². The minimum absolute atomic E-state index is 0.231. The highest BCUT2D eigenvalue weighted by atomic mass is 16.5.